The van der Waals surface area contributed by atoms with Crippen LogP contribution in [0.15, 0.2) is 24.3 Å². The van der Waals surface area contributed by atoms with E-state index in [-0.39, 0.29) is 18.4 Å². The molecule has 3 unspecified atom stereocenters. The molecule has 0 saturated heterocycles. The van der Waals surface area contributed by atoms with Gasteiger partial charge in [0.1, 0.15) is 5.75 Å². The Kier molecular flexibility index (Phi) is 6.52. The van der Waals surface area contributed by atoms with Crippen LogP contribution in [0.1, 0.15) is 38.7 Å². The lowest BCUT2D eigenvalue weighted by Crippen LogP contribution is -2.26. The van der Waals surface area contributed by atoms with E-state index in [2.05, 4.69) is 19.9 Å². The van der Waals surface area contributed by atoms with Gasteiger partial charge in [-0.15, -0.1) is 0 Å². The van der Waals surface area contributed by atoms with Crippen LogP contribution in [0.3, 0.4) is 0 Å². The highest BCUT2D eigenvalue weighted by atomic mass is 16.5. The molecule has 0 aliphatic carbocycles. The van der Waals surface area contributed by atoms with E-state index in [0.29, 0.717) is 13.0 Å². The molecule has 0 saturated carbocycles. The molecule has 0 heterocycles. The molecular formula is C16H25NO3. The summed E-state index contributed by atoms with van der Waals surface area (Å²) in [5, 5.41) is 9.09. The SMILES string of the molecule is CCOc1cccc(C(C)C(C)CC(CN)C(=O)O)c1. The van der Waals surface area contributed by atoms with Crippen LogP contribution in [0.4, 0.5) is 0 Å². The molecule has 0 radical (unpaired) electrons. The van der Waals surface area contributed by atoms with Gasteiger partial charge in [0.25, 0.3) is 0 Å². The maximum absolute atomic E-state index is 11.1. The van der Waals surface area contributed by atoms with Gasteiger partial charge in [-0.1, -0.05) is 26.0 Å². The van der Waals surface area contributed by atoms with E-state index in [9.17, 15) is 4.79 Å². The lowest BCUT2D eigenvalue weighted by atomic mass is 9.83. The van der Waals surface area contributed by atoms with Gasteiger partial charge in [-0.25, -0.2) is 0 Å². The van der Waals surface area contributed by atoms with Crippen molar-refractivity contribution >= 4 is 5.97 Å². The van der Waals surface area contributed by atoms with Crippen LogP contribution < -0.4 is 10.5 Å². The average molecular weight is 279 g/mol. The predicted octanol–water partition coefficient (Wildman–Crippen LogP) is 2.87. The van der Waals surface area contributed by atoms with Crippen LogP contribution in [0.2, 0.25) is 0 Å². The molecule has 0 aliphatic heterocycles. The number of ether oxygens (including phenoxy) is 1. The van der Waals surface area contributed by atoms with Crippen molar-refractivity contribution in [2.45, 2.75) is 33.1 Å². The van der Waals surface area contributed by atoms with E-state index in [4.69, 9.17) is 15.6 Å². The largest absolute Gasteiger partial charge is 0.494 e. The second kappa shape index (κ2) is 7.90. The summed E-state index contributed by atoms with van der Waals surface area (Å²) in [5.74, 6) is 0.0927. The van der Waals surface area contributed by atoms with Gasteiger partial charge in [0, 0.05) is 6.54 Å². The van der Waals surface area contributed by atoms with Crippen LogP contribution in [0.5, 0.6) is 5.75 Å². The quantitative estimate of drug-likeness (QED) is 0.767. The molecule has 4 nitrogen and oxygen atoms in total. The fourth-order valence-corrected chi connectivity index (χ4v) is 2.33. The number of nitrogens with two attached hydrogens (primary N) is 1. The zero-order valence-corrected chi connectivity index (χ0v) is 12.5. The van der Waals surface area contributed by atoms with Crippen molar-refractivity contribution in [3.8, 4) is 5.75 Å². The fraction of sp³-hybridized carbons (Fsp3) is 0.562. The van der Waals surface area contributed by atoms with Crippen molar-refractivity contribution in [2.24, 2.45) is 17.6 Å². The molecule has 3 N–H and O–H groups in total. The van der Waals surface area contributed by atoms with Gasteiger partial charge in [-0.05, 0) is 42.9 Å². The first-order valence-corrected chi connectivity index (χ1v) is 7.15. The first-order chi connectivity index (χ1) is 9.49. The highest BCUT2D eigenvalue weighted by Crippen LogP contribution is 2.30. The second-order valence-electron chi connectivity index (χ2n) is 5.28. The van der Waals surface area contributed by atoms with Gasteiger partial charge < -0.3 is 15.6 Å². The lowest BCUT2D eigenvalue weighted by Gasteiger charge is -2.23. The Morgan fingerprint density at radius 2 is 2.10 bits per heavy atom. The molecule has 1 aromatic carbocycles. The third kappa shape index (κ3) is 4.53. The number of carbonyl (C=O) groups is 1. The number of rotatable bonds is 8. The zero-order valence-electron chi connectivity index (χ0n) is 12.5. The van der Waals surface area contributed by atoms with E-state index in [1.165, 1.54) is 5.56 Å². The molecule has 0 aromatic heterocycles. The van der Waals surface area contributed by atoms with E-state index < -0.39 is 11.9 Å². The number of hydrogen-bond acceptors (Lipinski definition) is 3. The lowest BCUT2D eigenvalue weighted by molar-refractivity contribution is -0.142. The average Bonchev–Trinajstić information content (AvgIpc) is 2.44. The molecule has 4 heteroatoms. The smallest absolute Gasteiger partial charge is 0.307 e. The predicted molar refractivity (Wildman–Crippen MR) is 80.0 cm³/mol. The molecular weight excluding hydrogens is 254 g/mol. The molecule has 0 bridgehead atoms. The minimum Gasteiger partial charge on any atom is -0.494 e. The minimum atomic E-state index is -0.811. The van der Waals surface area contributed by atoms with Gasteiger partial charge >= 0.3 is 5.97 Å². The van der Waals surface area contributed by atoms with Crippen LogP contribution in [-0.2, 0) is 4.79 Å². The monoisotopic (exact) mass is 279 g/mol. The van der Waals surface area contributed by atoms with Crippen LogP contribution in [0.25, 0.3) is 0 Å². The van der Waals surface area contributed by atoms with Crippen molar-refractivity contribution in [3.63, 3.8) is 0 Å². The van der Waals surface area contributed by atoms with Crippen LogP contribution in [-0.4, -0.2) is 24.2 Å². The Morgan fingerprint density at radius 3 is 2.65 bits per heavy atom. The Balaban J connectivity index is 2.75. The Bertz CT molecular complexity index is 433. The minimum absolute atomic E-state index is 0.186. The van der Waals surface area contributed by atoms with Crippen molar-refractivity contribution in [2.75, 3.05) is 13.2 Å². The van der Waals surface area contributed by atoms with E-state index in [1.807, 2.05) is 25.1 Å². The summed E-state index contributed by atoms with van der Waals surface area (Å²) in [5.41, 5.74) is 6.69. The van der Waals surface area contributed by atoms with Crippen LogP contribution >= 0.6 is 0 Å². The summed E-state index contributed by atoms with van der Waals surface area (Å²) < 4.78 is 5.50. The molecule has 112 valence electrons. The van der Waals surface area contributed by atoms with Gasteiger partial charge in [0.15, 0.2) is 0 Å². The third-order valence-electron chi connectivity index (χ3n) is 3.84. The topological polar surface area (TPSA) is 72.5 Å². The highest BCUT2D eigenvalue weighted by Gasteiger charge is 2.23. The maximum atomic E-state index is 11.1. The first kappa shape index (κ1) is 16.5. The molecule has 0 amide bonds. The van der Waals surface area contributed by atoms with E-state index in [1.54, 1.807) is 0 Å². The molecule has 1 rings (SSSR count). The summed E-state index contributed by atoms with van der Waals surface area (Å²) in [6.07, 6.45) is 0.589. The molecule has 0 aliphatic rings. The maximum Gasteiger partial charge on any atom is 0.307 e. The summed E-state index contributed by atoms with van der Waals surface area (Å²) in [6, 6.07) is 8.00. The number of hydrogen-bond donors (Lipinski definition) is 2. The molecule has 3 atom stereocenters. The Hall–Kier alpha value is -1.55. The number of carboxylic acids is 1. The summed E-state index contributed by atoms with van der Waals surface area (Å²) >= 11 is 0. The van der Waals surface area contributed by atoms with E-state index >= 15 is 0 Å². The Labute approximate surface area is 120 Å². The van der Waals surface area contributed by atoms with Crippen molar-refractivity contribution in [1.82, 2.24) is 0 Å². The summed E-state index contributed by atoms with van der Waals surface area (Å²) in [7, 11) is 0. The van der Waals surface area contributed by atoms with E-state index in [0.717, 1.165) is 5.75 Å². The highest BCUT2D eigenvalue weighted by molar-refractivity contribution is 5.70. The van der Waals surface area contributed by atoms with Crippen LogP contribution in [0, 0.1) is 11.8 Å². The van der Waals surface area contributed by atoms with Crippen molar-refractivity contribution in [1.29, 1.82) is 0 Å². The standard InChI is InChI=1S/C16H25NO3/c1-4-20-15-7-5-6-13(9-15)12(3)11(2)8-14(10-17)16(18)19/h5-7,9,11-12,14H,4,8,10,17H2,1-3H3,(H,18,19). The fourth-order valence-electron chi connectivity index (χ4n) is 2.33. The molecule has 0 fully saturated rings. The second-order valence-corrected chi connectivity index (χ2v) is 5.28. The van der Waals surface area contributed by atoms with Gasteiger partial charge in [0.2, 0.25) is 0 Å². The summed E-state index contributed by atoms with van der Waals surface area (Å²) in [4.78, 5) is 11.1. The number of carboxylic acid groups (broad SMARTS) is 1. The third-order valence-corrected chi connectivity index (χ3v) is 3.84. The van der Waals surface area contributed by atoms with Crippen molar-refractivity contribution < 1.29 is 14.6 Å². The molecule has 1 aromatic rings. The Morgan fingerprint density at radius 1 is 1.40 bits per heavy atom. The number of benzene rings is 1. The molecule has 20 heavy (non-hydrogen) atoms. The zero-order chi connectivity index (χ0) is 15.1. The van der Waals surface area contributed by atoms with Gasteiger partial charge in [-0.2, -0.15) is 0 Å². The summed E-state index contributed by atoms with van der Waals surface area (Å²) in [6.45, 7) is 6.97. The van der Waals surface area contributed by atoms with Gasteiger partial charge in [-0.3, -0.25) is 4.79 Å². The number of aliphatic carboxylic acids is 1. The van der Waals surface area contributed by atoms with Gasteiger partial charge in [0.05, 0.1) is 12.5 Å². The molecule has 0 spiro atoms. The normalized spacial score (nSPS) is 15.4. The first-order valence-electron chi connectivity index (χ1n) is 7.15. The van der Waals surface area contributed by atoms with Crippen molar-refractivity contribution in [3.05, 3.63) is 29.8 Å².